The first kappa shape index (κ1) is 16.8. The molecule has 2 aromatic carbocycles. The summed E-state index contributed by atoms with van der Waals surface area (Å²) in [6, 6.07) is 13.4. The number of fused-ring (bicyclic) bond motifs is 1. The molecule has 1 spiro atoms. The average molecular weight is 353 g/mol. The smallest absolute Gasteiger partial charge is 0.226 e. The van der Waals surface area contributed by atoms with Crippen molar-refractivity contribution in [3.8, 4) is 5.75 Å². The molecule has 2 aliphatic rings. The lowest BCUT2D eigenvalue weighted by Crippen LogP contribution is -2.52. The lowest BCUT2D eigenvalue weighted by atomic mass is 9.82. The number of hydrogen-bond acceptors (Lipinski definition) is 3. The number of carbonyl (C=O) groups excluding carboxylic acids is 2. The van der Waals surface area contributed by atoms with Crippen LogP contribution in [0, 0.1) is 5.82 Å². The third-order valence-electron chi connectivity index (χ3n) is 5.29. The summed E-state index contributed by atoms with van der Waals surface area (Å²) < 4.78 is 19.2. The maximum Gasteiger partial charge on any atom is 0.226 e. The number of carbonyl (C=O) groups is 2. The number of rotatable bonds is 2. The summed E-state index contributed by atoms with van der Waals surface area (Å²) >= 11 is 0. The second kappa shape index (κ2) is 6.56. The van der Waals surface area contributed by atoms with Crippen molar-refractivity contribution in [3.63, 3.8) is 0 Å². The molecule has 4 nitrogen and oxygen atoms in total. The lowest BCUT2D eigenvalue weighted by Gasteiger charge is -2.44. The van der Waals surface area contributed by atoms with E-state index in [-0.39, 0.29) is 23.9 Å². The van der Waals surface area contributed by atoms with E-state index in [9.17, 15) is 14.0 Å². The molecule has 4 rings (SSSR count). The molecule has 0 aromatic heterocycles. The van der Waals surface area contributed by atoms with E-state index in [1.165, 1.54) is 12.1 Å². The number of benzene rings is 2. The molecule has 2 aliphatic heterocycles. The summed E-state index contributed by atoms with van der Waals surface area (Å²) in [5.41, 5.74) is 0.945. The fraction of sp³-hybridized carbons (Fsp3) is 0.333. The molecule has 1 fully saturated rings. The van der Waals surface area contributed by atoms with Crippen LogP contribution in [0.4, 0.5) is 4.39 Å². The first-order chi connectivity index (χ1) is 12.5. The molecule has 5 heteroatoms. The first-order valence-electron chi connectivity index (χ1n) is 8.88. The molecule has 0 radical (unpaired) electrons. The van der Waals surface area contributed by atoms with Crippen molar-refractivity contribution in [3.05, 3.63) is 65.5 Å². The summed E-state index contributed by atoms with van der Waals surface area (Å²) in [4.78, 5) is 26.8. The molecule has 0 unspecified atom stereocenters. The minimum atomic E-state index is -0.502. The molecular formula is C21H20FNO3. The monoisotopic (exact) mass is 353 g/mol. The van der Waals surface area contributed by atoms with Crippen LogP contribution >= 0.6 is 0 Å². The summed E-state index contributed by atoms with van der Waals surface area (Å²) in [5.74, 6) is 0.474. The Morgan fingerprint density at radius 2 is 1.77 bits per heavy atom. The van der Waals surface area contributed by atoms with E-state index in [0.717, 1.165) is 5.56 Å². The van der Waals surface area contributed by atoms with E-state index in [0.29, 0.717) is 43.7 Å². The first-order valence-corrected chi connectivity index (χ1v) is 8.88. The van der Waals surface area contributed by atoms with Gasteiger partial charge in [0.25, 0.3) is 0 Å². The molecule has 26 heavy (non-hydrogen) atoms. The van der Waals surface area contributed by atoms with Crippen LogP contribution in [0.5, 0.6) is 5.75 Å². The van der Waals surface area contributed by atoms with Crippen molar-refractivity contribution in [2.45, 2.75) is 31.3 Å². The van der Waals surface area contributed by atoms with E-state index in [1.54, 1.807) is 18.2 Å². The van der Waals surface area contributed by atoms with Crippen LogP contribution in [0.3, 0.4) is 0 Å². The van der Waals surface area contributed by atoms with Crippen LogP contribution < -0.4 is 4.74 Å². The van der Waals surface area contributed by atoms with Gasteiger partial charge >= 0.3 is 0 Å². The number of hydrogen-bond donors (Lipinski definition) is 0. The molecule has 0 saturated carbocycles. The summed E-state index contributed by atoms with van der Waals surface area (Å²) in [6.45, 7) is 1.13. The zero-order chi connectivity index (χ0) is 18.1. The zero-order valence-electron chi connectivity index (χ0n) is 14.4. The van der Waals surface area contributed by atoms with Gasteiger partial charge in [0.2, 0.25) is 5.91 Å². The van der Waals surface area contributed by atoms with Crippen LogP contribution in [-0.4, -0.2) is 35.3 Å². The SMILES string of the molecule is O=C1CC2(CCN(C(=O)Cc3ccc(F)cc3)CC2)Oc2ccccc21. The average Bonchev–Trinajstić information content (AvgIpc) is 2.64. The molecular weight excluding hydrogens is 333 g/mol. The van der Waals surface area contributed by atoms with Gasteiger partial charge in [-0.3, -0.25) is 9.59 Å². The summed E-state index contributed by atoms with van der Waals surface area (Å²) in [6.07, 6.45) is 1.91. The minimum absolute atomic E-state index is 0.0222. The van der Waals surface area contributed by atoms with E-state index >= 15 is 0 Å². The van der Waals surface area contributed by atoms with E-state index in [4.69, 9.17) is 4.74 Å². The number of likely N-dealkylation sites (tertiary alicyclic amines) is 1. The Morgan fingerprint density at radius 1 is 1.08 bits per heavy atom. The Hall–Kier alpha value is -2.69. The molecule has 134 valence electrons. The molecule has 2 heterocycles. The van der Waals surface area contributed by atoms with Crippen LogP contribution in [0.15, 0.2) is 48.5 Å². The molecule has 0 atom stereocenters. The van der Waals surface area contributed by atoms with Gasteiger partial charge in [-0.2, -0.15) is 0 Å². The quantitative estimate of drug-likeness (QED) is 0.831. The molecule has 0 aliphatic carbocycles. The van der Waals surface area contributed by atoms with Crippen molar-refractivity contribution in [2.24, 2.45) is 0 Å². The van der Waals surface area contributed by atoms with Gasteiger partial charge in [-0.25, -0.2) is 4.39 Å². The van der Waals surface area contributed by atoms with Gasteiger partial charge in [-0.05, 0) is 29.8 Å². The highest BCUT2D eigenvalue weighted by atomic mass is 19.1. The largest absolute Gasteiger partial charge is 0.486 e. The van der Waals surface area contributed by atoms with Gasteiger partial charge in [0, 0.05) is 25.9 Å². The number of nitrogens with zero attached hydrogens (tertiary/aromatic N) is 1. The highest BCUT2D eigenvalue weighted by Gasteiger charge is 2.43. The number of ether oxygens (including phenoxy) is 1. The number of halogens is 1. The van der Waals surface area contributed by atoms with Crippen molar-refractivity contribution in [1.82, 2.24) is 4.90 Å². The highest BCUT2D eigenvalue weighted by molar-refractivity contribution is 6.00. The van der Waals surface area contributed by atoms with E-state index in [1.807, 2.05) is 23.1 Å². The van der Waals surface area contributed by atoms with E-state index in [2.05, 4.69) is 0 Å². The molecule has 1 saturated heterocycles. The Labute approximate surface area is 151 Å². The number of para-hydroxylation sites is 1. The molecule has 2 aromatic rings. The van der Waals surface area contributed by atoms with Crippen LogP contribution in [0.25, 0.3) is 0 Å². The predicted octanol–water partition coefficient (Wildman–Crippen LogP) is 3.39. The van der Waals surface area contributed by atoms with Crippen molar-refractivity contribution in [2.75, 3.05) is 13.1 Å². The highest BCUT2D eigenvalue weighted by Crippen LogP contribution is 2.39. The third kappa shape index (κ3) is 3.21. The maximum atomic E-state index is 13.0. The van der Waals surface area contributed by atoms with Crippen molar-refractivity contribution in [1.29, 1.82) is 0 Å². The van der Waals surface area contributed by atoms with Crippen LogP contribution in [0.1, 0.15) is 35.2 Å². The number of amides is 1. The van der Waals surface area contributed by atoms with Crippen molar-refractivity contribution >= 4 is 11.7 Å². The Morgan fingerprint density at radius 3 is 2.50 bits per heavy atom. The van der Waals surface area contributed by atoms with Gasteiger partial charge in [0.15, 0.2) is 5.78 Å². The number of ketones is 1. The molecule has 0 bridgehead atoms. The maximum absolute atomic E-state index is 13.0. The minimum Gasteiger partial charge on any atom is -0.486 e. The fourth-order valence-corrected chi connectivity index (χ4v) is 3.77. The normalized spacial score (nSPS) is 18.3. The van der Waals surface area contributed by atoms with Gasteiger partial charge in [-0.1, -0.05) is 24.3 Å². The lowest BCUT2D eigenvalue weighted by molar-refractivity contribution is -0.134. The second-order valence-electron chi connectivity index (χ2n) is 7.07. The predicted molar refractivity (Wildman–Crippen MR) is 94.7 cm³/mol. The van der Waals surface area contributed by atoms with Crippen LogP contribution in [-0.2, 0) is 11.2 Å². The number of piperidine rings is 1. The zero-order valence-corrected chi connectivity index (χ0v) is 14.4. The fourth-order valence-electron chi connectivity index (χ4n) is 3.77. The molecule has 0 N–H and O–H groups in total. The van der Waals surface area contributed by atoms with Gasteiger partial charge in [0.1, 0.15) is 17.2 Å². The Bertz CT molecular complexity index is 839. The number of Topliss-reactive ketones (excluding diaryl/α,β-unsaturated/α-hetero) is 1. The van der Waals surface area contributed by atoms with Crippen LogP contribution in [0.2, 0.25) is 0 Å². The summed E-state index contributed by atoms with van der Waals surface area (Å²) in [7, 11) is 0. The summed E-state index contributed by atoms with van der Waals surface area (Å²) in [5, 5.41) is 0. The Kier molecular flexibility index (Phi) is 4.23. The standard InChI is InChI=1S/C21H20FNO3/c22-16-7-5-15(6-8-16)13-20(25)23-11-9-21(10-12-23)14-18(24)17-3-1-2-4-19(17)26-21/h1-8H,9-14H2. The van der Waals surface area contributed by atoms with E-state index < -0.39 is 5.60 Å². The topological polar surface area (TPSA) is 46.6 Å². The van der Waals surface area contributed by atoms with Gasteiger partial charge < -0.3 is 9.64 Å². The van der Waals surface area contributed by atoms with Gasteiger partial charge in [-0.15, -0.1) is 0 Å². The third-order valence-corrected chi connectivity index (χ3v) is 5.29. The molecule has 1 amide bonds. The van der Waals surface area contributed by atoms with Crippen molar-refractivity contribution < 1.29 is 18.7 Å². The van der Waals surface area contributed by atoms with Gasteiger partial charge in [0.05, 0.1) is 18.4 Å². The Balaban J connectivity index is 1.40. The second-order valence-corrected chi connectivity index (χ2v) is 7.07.